The van der Waals surface area contributed by atoms with E-state index in [1.807, 2.05) is 28.0 Å². The van der Waals surface area contributed by atoms with Crippen molar-refractivity contribution in [3.63, 3.8) is 0 Å². The van der Waals surface area contributed by atoms with Crippen molar-refractivity contribution in [1.29, 1.82) is 0 Å². The average Bonchev–Trinajstić information content (AvgIpc) is 3.19. The Bertz CT molecular complexity index is 846. The number of anilines is 1. The van der Waals surface area contributed by atoms with Crippen LogP contribution in [0.5, 0.6) is 0 Å². The van der Waals surface area contributed by atoms with Crippen molar-refractivity contribution in [2.75, 3.05) is 5.32 Å². The van der Waals surface area contributed by atoms with Gasteiger partial charge in [-0.05, 0) is 56.9 Å². The summed E-state index contributed by atoms with van der Waals surface area (Å²) in [6.07, 6.45) is 3.49. The van der Waals surface area contributed by atoms with Crippen LogP contribution in [-0.2, 0) is 6.42 Å². The molecule has 4 rings (SSSR count). The van der Waals surface area contributed by atoms with Gasteiger partial charge in [0.1, 0.15) is 5.82 Å². The van der Waals surface area contributed by atoms with Crippen LogP contribution in [-0.4, -0.2) is 19.8 Å². The third-order valence-electron chi connectivity index (χ3n) is 4.38. The van der Waals surface area contributed by atoms with Crippen molar-refractivity contribution in [3.05, 3.63) is 39.3 Å². The molecule has 1 aliphatic rings. The van der Waals surface area contributed by atoms with E-state index < -0.39 is 0 Å². The average molecular weight is 327 g/mol. The van der Waals surface area contributed by atoms with E-state index in [9.17, 15) is 0 Å². The minimum absolute atomic E-state index is 0.241. The smallest absolute Gasteiger partial charge is 0.178 e. The van der Waals surface area contributed by atoms with E-state index >= 15 is 0 Å². The molecule has 1 fully saturated rings. The second-order valence-electron chi connectivity index (χ2n) is 6.30. The maximum absolute atomic E-state index is 4.70. The van der Waals surface area contributed by atoms with Crippen molar-refractivity contribution in [1.82, 2.24) is 19.8 Å². The minimum atomic E-state index is 0.241. The Labute approximate surface area is 139 Å². The molecule has 5 nitrogen and oxygen atoms in total. The van der Waals surface area contributed by atoms with E-state index in [0.717, 1.165) is 23.7 Å². The molecule has 120 valence electrons. The lowest BCUT2D eigenvalue weighted by atomic mass is 10.2. The van der Waals surface area contributed by atoms with E-state index in [4.69, 9.17) is 5.10 Å². The van der Waals surface area contributed by atoms with Crippen molar-refractivity contribution < 1.29 is 0 Å². The monoisotopic (exact) mass is 327 g/mol. The van der Waals surface area contributed by atoms with E-state index in [0.29, 0.717) is 5.92 Å². The molecule has 0 amide bonds. The zero-order chi connectivity index (χ0) is 16.0. The molecule has 1 atom stereocenters. The first-order valence-electron chi connectivity index (χ1n) is 8.23. The summed E-state index contributed by atoms with van der Waals surface area (Å²) in [6.45, 7) is 6.58. The SMILES string of the molecule is CCc1sc(C(C)Nc2ccc3nnc(C4CC4)n3n2)cc1C. The molecule has 1 unspecified atom stereocenters. The lowest BCUT2D eigenvalue weighted by Gasteiger charge is -2.13. The van der Waals surface area contributed by atoms with Crippen molar-refractivity contribution >= 4 is 22.8 Å². The summed E-state index contributed by atoms with van der Waals surface area (Å²) >= 11 is 1.89. The Morgan fingerprint density at radius 3 is 2.87 bits per heavy atom. The molecule has 0 aliphatic heterocycles. The Balaban J connectivity index is 1.59. The van der Waals surface area contributed by atoms with E-state index in [2.05, 4.69) is 42.4 Å². The Morgan fingerprint density at radius 2 is 2.17 bits per heavy atom. The Kier molecular flexibility index (Phi) is 3.56. The molecule has 0 aromatic carbocycles. The van der Waals surface area contributed by atoms with Crippen LogP contribution in [0.1, 0.15) is 59.8 Å². The summed E-state index contributed by atoms with van der Waals surface area (Å²) in [4.78, 5) is 2.82. The van der Waals surface area contributed by atoms with Gasteiger partial charge in [-0.25, -0.2) is 0 Å². The van der Waals surface area contributed by atoms with Crippen LogP contribution in [0.25, 0.3) is 5.65 Å². The normalized spacial score (nSPS) is 16.0. The summed E-state index contributed by atoms with van der Waals surface area (Å²) in [5, 5.41) is 16.7. The first-order chi connectivity index (χ1) is 11.2. The van der Waals surface area contributed by atoms with Gasteiger partial charge < -0.3 is 5.32 Å². The fraction of sp³-hybridized carbons (Fsp3) is 0.471. The number of thiophene rings is 1. The number of rotatable bonds is 5. The number of aryl methyl sites for hydroxylation is 2. The van der Waals surface area contributed by atoms with Crippen LogP contribution in [0.2, 0.25) is 0 Å². The van der Waals surface area contributed by atoms with Gasteiger partial charge >= 0.3 is 0 Å². The molecular formula is C17H21N5S. The van der Waals surface area contributed by atoms with Crippen molar-refractivity contribution in [2.24, 2.45) is 0 Å². The van der Waals surface area contributed by atoms with Crippen molar-refractivity contribution in [2.45, 2.75) is 52.0 Å². The Morgan fingerprint density at radius 1 is 1.35 bits per heavy atom. The van der Waals surface area contributed by atoms with E-state index in [1.165, 1.54) is 28.2 Å². The van der Waals surface area contributed by atoms with Crippen LogP contribution in [0.4, 0.5) is 5.82 Å². The molecule has 0 radical (unpaired) electrons. The highest BCUT2D eigenvalue weighted by Gasteiger charge is 2.29. The molecule has 3 aromatic heterocycles. The summed E-state index contributed by atoms with van der Waals surface area (Å²) in [5.41, 5.74) is 2.21. The molecule has 0 bridgehead atoms. The molecule has 1 N–H and O–H groups in total. The van der Waals surface area contributed by atoms with Gasteiger partial charge in [-0.15, -0.1) is 26.6 Å². The molecule has 1 saturated carbocycles. The number of hydrogen-bond acceptors (Lipinski definition) is 5. The highest BCUT2D eigenvalue weighted by molar-refractivity contribution is 7.12. The summed E-state index contributed by atoms with van der Waals surface area (Å²) < 4.78 is 1.89. The molecule has 0 saturated heterocycles. The van der Waals surface area contributed by atoms with Gasteiger partial charge in [-0.1, -0.05) is 6.92 Å². The highest BCUT2D eigenvalue weighted by atomic mass is 32.1. The fourth-order valence-corrected chi connectivity index (χ4v) is 4.00. The molecule has 23 heavy (non-hydrogen) atoms. The number of fused-ring (bicyclic) bond motifs is 1. The van der Waals surface area contributed by atoms with Gasteiger partial charge in [0.05, 0.1) is 6.04 Å². The third kappa shape index (κ3) is 2.72. The standard InChI is InChI=1S/C17H21N5S/c1-4-13-10(2)9-14(23-13)11(3)18-15-7-8-16-19-20-17(12-5-6-12)22(16)21-15/h7-9,11-12H,4-6H2,1-3H3,(H,18,21). The lowest BCUT2D eigenvalue weighted by Crippen LogP contribution is -2.09. The third-order valence-corrected chi connectivity index (χ3v) is 5.95. The minimum Gasteiger partial charge on any atom is -0.361 e. The summed E-state index contributed by atoms with van der Waals surface area (Å²) in [6, 6.07) is 6.50. The zero-order valence-electron chi connectivity index (χ0n) is 13.7. The Hall–Kier alpha value is -1.95. The van der Waals surface area contributed by atoms with Gasteiger partial charge in [0.2, 0.25) is 0 Å². The van der Waals surface area contributed by atoms with E-state index in [-0.39, 0.29) is 6.04 Å². The fourth-order valence-electron chi connectivity index (χ4n) is 2.88. The van der Waals surface area contributed by atoms with Gasteiger partial charge in [0, 0.05) is 15.7 Å². The molecule has 6 heteroatoms. The van der Waals surface area contributed by atoms with Crippen LogP contribution < -0.4 is 5.32 Å². The summed E-state index contributed by atoms with van der Waals surface area (Å²) in [7, 11) is 0. The predicted molar refractivity (Wildman–Crippen MR) is 93.2 cm³/mol. The zero-order valence-corrected chi connectivity index (χ0v) is 14.5. The molecular weight excluding hydrogens is 306 g/mol. The van der Waals surface area contributed by atoms with Crippen LogP contribution in [0, 0.1) is 6.92 Å². The van der Waals surface area contributed by atoms with Crippen LogP contribution in [0.3, 0.4) is 0 Å². The van der Waals surface area contributed by atoms with E-state index in [1.54, 1.807) is 0 Å². The first kappa shape index (κ1) is 14.6. The lowest BCUT2D eigenvalue weighted by molar-refractivity contribution is 0.801. The van der Waals surface area contributed by atoms with Crippen LogP contribution in [0.15, 0.2) is 18.2 Å². The maximum Gasteiger partial charge on any atom is 0.178 e. The molecule has 3 aromatic rings. The topological polar surface area (TPSA) is 55.1 Å². The molecule has 0 spiro atoms. The van der Waals surface area contributed by atoms with Crippen molar-refractivity contribution in [3.8, 4) is 0 Å². The first-order valence-corrected chi connectivity index (χ1v) is 9.05. The molecule has 3 heterocycles. The molecule has 1 aliphatic carbocycles. The number of nitrogens with one attached hydrogen (secondary N) is 1. The van der Waals surface area contributed by atoms with Gasteiger partial charge in [0.15, 0.2) is 11.5 Å². The predicted octanol–water partition coefficient (Wildman–Crippen LogP) is 4.11. The number of hydrogen-bond donors (Lipinski definition) is 1. The highest BCUT2D eigenvalue weighted by Crippen LogP contribution is 2.38. The second-order valence-corrected chi connectivity index (χ2v) is 7.46. The number of nitrogens with zero attached hydrogens (tertiary/aromatic N) is 4. The van der Waals surface area contributed by atoms with Gasteiger partial charge in [-0.3, -0.25) is 0 Å². The second kappa shape index (κ2) is 5.60. The maximum atomic E-state index is 4.70. The largest absolute Gasteiger partial charge is 0.361 e. The van der Waals surface area contributed by atoms with Crippen LogP contribution >= 0.6 is 11.3 Å². The van der Waals surface area contributed by atoms with Gasteiger partial charge in [0.25, 0.3) is 0 Å². The van der Waals surface area contributed by atoms with Gasteiger partial charge in [-0.2, -0.15) is 4.52 Å². The summed E-state index contributed by atoms with van der Waals surface area (Å²) in [5.74, 6) is 2.41. The number of aromatic nitrogens is 4. The quantitative estimate of drug-likeness (QED) is 0.766.